The Labute approximate surface area is 108 Å². The SMILES string of the molecule is CCCN=C(N)N1CCN(c2ccccn2)CC1. The standard InChI is InChI=1S/C13H21N5/c1-2-6-16-13(14)18-10-8-17(9-11-18)12-5-3-4-7-15-12/h3-5,7H,2,6,8-11H2,1H3,(H2,14,16). The predicted molar refractivity (Wildman–Crippen MR) is 74.8 cm³/mol. The van der Waals surface area contributed by atoms with Crippen LogP contribution in [0.2, 0.25) is 0 Å². The molecule has 0 aromatic carbocycles. The maximum Gasteiger partial charge on any atom is 0.191 e. The van der Waals surface area contributed by atoms with E-state index in [1.54, 1.807) is 0 Å². The van der Waals surface area contributed by atoms with E-state index in [0.29, 0.717) is 5.96 Å². The molecule has 2 N–H and O–H groups in total. The number of piperazine rings is 1. The molecule has 1 aromatic rings. The first kappa shape index (κ1) is 12.7. The molecule has 1 fully saturated rings. The van der Waals surface area contributed by atoms with Crippen LogP contribution in [0.15, 0.2) is 29.4 Å². The van der Waals surface area contributed by atoms with Gasteiger partial charge in [-0.1, -0.05) is 13.0 Å². The van der Waals surface area contributed by atoms with Crippen molar-refractivity contribution in [1.82, 2.24) is 9.88 Å². The summed E-state index contributed by atoms with van der Waals surface area (Å²) in [6, 6.07) is 6.01. The molecule has 0 radical (unpaired) electrons. The highest BCUT2D eigenvalue weighted by molar-refractivity contribution is 5.78. The lowest BCUT2D eigenvalue weighted by molar-refractivity contribution is 0.379. The number of rotatable bonds is 3. The minimum absolute atomic E-state index is 0.678. The molecule has 2 rings (SSSR count). The highest BCUT2D eigenvalue weighted by Gasteiger charge is 2.18. The zero-order valence-electron chi connectivity index (χ0n) is 10.9. The van der Waals surface area contributed by atoms with Crippen molar-refractivity contribution in [2.45, 2.75) is 13.3 Å². The van der Waals surface area contributed by atoms with Crippen LogP contribution in [0.4, 0.5) is 5.82 Å². The highest BCUT2D eigenvalue weighted by atomic mass is 15.3. The molecule has 0 aliphatic carbocycles. The lowest BCUT2D eigenvalue weighted by atomic mass is 10.3. The molecule has 0 bridgehead atoms. The first-order valence-electron chi connectivity index (χ1n) is 6.52. The largest absolute Gasteiger partial charge is 0.370 e. The second-order valence-electron chi connectivity index (χ2n) is 4.40. The summed E-state index contributed by atoms with van der Waals surface area (Å²) in [4.78, 5) is 13.1. The Balaban J connectivity index is 1.88. The van der Waals surface area contributed by atoms with Crippen molar-refractivity contribution in [1.29, 1.82) is 0 Å². The van der Waals surface area contributed by atoms with Crippen LogP contribution in [0.25, 0.3) is 0 Å². The second kappa shape index (κ2) is 6.23. The predicted octanol–water partition coefficient (Wildman–Crippen LogP) is 0.928. The zero-order valence-corrected chi connectivity index (χ0v) is 10.9. The highest BCUT2D eigenvalue weighted by Crippen LogP contribution is 2.12. The summed E-state index contributed by atoms with van der Waals surface area (Å²) >= 11 is 0. The van der Waals surface area contributed by atoms with Gasteiger partial charge in [-0.3, -0.25) is 4.99 Å². The van der Waals surface area contributed by atoms with E-state index in [0.717, 1.165) is 45.0 Å². The number of nitrogens with zero attached hydrogens (tertiary/aromatic N) is 4. The average Bonchev–Trinajstić information content (AvgIpc) is 2.46. The molecule has 1 aliphatic heterocycles. The Kier molecular flexibility index (Phi) is 4.39. The molecule has 0 saturated carbocycles. The summed E-state index contributed by atoms with van der Waals surface area (Å²) < 4.78 is 0. The zero-order chi connectivity index (χ0) is 12.8. The minimum Gasteiger partial charge on any atom is -0.370 e. The summed E-state index contributed by atoms with van der Waals surface area (Å²) in [5.74, 6) is 1.72. The number of guanidine groups is 1. The van der Waals surface area contributed by atoms with Gasteiger partial charge in [0.1, 0.15) is 5.82 Å². The minimum atomic E-state index is 0.678. The van der Waals surface area contributed by atoms with Crippen LogP contribution in [0.5, 0.6) is 0 Å². The Bertz CT molecular complexity index is 382. The second-order valence-corrected chi connectivity index (χ2v) is 4.40. The van der Waals surface area contributed by atoms with Gasteiger partial charge < -0.3 is 15.5 Å². The normalized spacial score (nSPS) is 17.1. The van der Waals surface area contributed by atoms with Crippen molar-refractivity contribution in [3.63, 3.8) is 0 Å². The third-order valence-electron chi connectivity index (χ3n) is 3.07. The van der Waals surface area contributed by atoms with Crippen LogP contribution in [-0.4, -0.2) is 48.6 Å². The van der Waals surface area contributed by atoms with E-state index < -0.39 is 0 Å². The monoisotopic (exact) mass is 247 g/mol. The van der Waals surface area contributed by atoms with Crippen molar-refractivity contribution in [3.05, 3.63) is 24.4 Å². The fourth-order valence-corrected chi connectivity index (χ4v) is 2.03. The van der Waals surface area contributed by atoms with Crippen LogP contribution in [0.1, 0.15) is 13.3 Å². The molecule has 1 aromatic heterocycles. The summed E-state index contributed by atoms with van der Waals surface area (Å²) in [6.07, 6.45) is 2.87. The van der Waals surface area contributed by atoms with Gasteiger partial charge in [0.15, 0.2) is 5.96 Å². The molecule has 0 unspecified atom stereocenters. The van der Waals surface area contributed by atoms with Gasteiger partial charge in [0.25, 0.3) is 0 Å². The van der Waals surface area contributed by atoms with Crippen LogP contribution in [-0.2, 0) is 0 Å². The Morgan fingerprint density at radius 1 is 1.33 bits per heavy atom. The molecule has 0 atom stereocenters. The fraction of sp³-hybridized carbons (Fsp3) is 0.538. The molecule has 0 spiro atoms. The quantitative estimate of drug-likeness (QED) is 0.637. The number of aliphatic imine (C=N–C) groups is 1. The van der Waals surface area contributed by atoms with Gasteiger partial charge in [0, 0.05) is 38.9 Å². The van der Waals surface area contributed by atoms with Crippen LogP contribution >= 0.6 is 0 Å². The Hall–Kier alpha value is -1.78. The van der Waals surface area contributed by atoms with Crippen LogP contribution in [0, 0.1) is 0 Å². The van der Waals surface area contributed by atoms with E-state index in [1.807, 2.05) is 24.4 Å². The van der Waals surface area contributed by atoms with Gasteiger partial charge in [-0.2, -0.15) is 0 Å². The summed E-state index contributed by atoms with van der Waals surface area (Å²) in [5, 5.41) is 0. The van der Waals surface area contributed by atoms with Gasteiger partial charge in [0.2, 0.25) is 0 Å². The molecule has 18 heavy (non-hydrogen) atoms. The molecule has 98 valence electrons. The van der Waals surface area contributed by atoms with E-state index in [1.165, 1.54) is 0 Å². The third-order valence-corrected chi connectivity index (χ3v) is 3.07. The number of hydrogen-bond donors (Lipinski definition) is 1. The van der Waals surface area contributed by atoms with E-state index in [4.69, 9.17) is 5.73 Å². The Morgan fingerprint density at radius 3 is 2.72 bits per heavy atom. The molecule has 5 nitrogen and oxygen atoms in total. The van der Waals surface area contributed by atoms with E-state index in [-0.39, 0.29) is 0 Å². The molecular weight excluding hydrogens is 226 g/mol. The maximum absolute atomic E-state index is 5.96. The molecule has 0 amide bonds. The molecular formula is C13H21N5. The van der Waals surface area contributed by atoms with Crippen molar-refractivity contribution in [2.75, 3.05) is 37.6 Å². The topological polar surface area (TPSA) is 57.8 Å². The summed E-state index contributed by atoms with van der Waals surface area (Å²) in [6.45, 7) is 6.63. The number of anilines is 1. The smallest absolute Gasteiger partial charge is 0.191 e. The molecule has 1 saturated heterocycles. The van der Waals surface area contributed by atoms with Gasteiger partial charge in [0.05, 0.1) is 0 Å². The van der Waals surface area contributed by atoms with Crippen molar-refractivity contribution in [2.24, 2.45) is 10.7 Å². The molecule has 5 heteroatoms. The number of pyridine rings is 1. The van der Waals surface area contributed by atoms with Crippen molar-refractivity contribution >= 4 is 11.8 Å². The average molecular weight is 247 g/mol. The lowest BCUT2D eigenvalue weighted by Gasteiger charge is -2.35. The number of nitrogens with two attached hydrogens (primary N) is 1. The third kappa shape index (κ3) is 3.12. The van der Waals surface area contributed by atoms with Gasteiger partial charge in [-0.15, -0.1) is 0 Å². The van der Waals surface area contributed by atoms with E-state index in [9.17, 15) is 0 Å². The number of aromatic nitrogens is 1. The molecule has 2 heterocycles. The molecule has 1 aliphatic rings. The van der Waals surface area contributed by atoms with Gasteiger partial charge >= 0.3 is 0 Å². The number of hydrogen-bond acceptors (Lipinski definition) is 3. The van der Waals surface area contributed by atoms with E-state index in [2.05, 4.69) is 26.7 Å². The first-order chi connectivity index (χ1) is 8.81. The van der Waals surface area contributed by atoms with Gasteiger partial charge in [-0.05, 0) is 18.6 Å². The Morgan fingerprint density at radius 2 is 2.11 bits per heavy atom. The summed E-state index contributed by atoms with van der Waals surface area (Å²) in [7, 11) is 0. The first-order valence-corrected chi connectivity index (χ1v) is 6.52. The van der Waals surface area contributed by atoms with Crippen LogP contribution < -0.4 is 10.6 Å². The van der Waals surface area contributed by atoms with Crippen LogP contribution in [0.3, 0.4) is 0 Å². The van der Waals surface area contributed by atoms with Crippen molar-refractivity contribution in [3.8, 4) is 0 Å². The van der Waals surface area contributed by atoms with Crippen molar-refractivity contribution < 1.29 is 0 Å². The maximum atomic E-state index is 5.96. The summed E-state index contributed by atoms with van der Waals surface area (Å²) in [5.41, 5.74) is 5.96. The van der Waals surface area contributed by atoms with Gasteiger partial charge in [-0.25, -0.2) is 4.98 Å². The fourth-order valence-electron chi connectivity index (χ4n) is 2.03. The lowest BCUT2D eigenvalue weighted by Crippen LogP contribution is -2.51. The van der Waals surface area contributed by atoms with E-state index >= 15 is 0 Å².